The zero-order valence-corrected chi connectivity index (χ0v) is 16.0. The molecule has 2 amide bonds. The van der Waals surface area contributed by atoms with Crippen LogP contribution in [0.2, 0.25) is 0 Å². The number of pyridine rings is 1. The Balaban J connectivity index is 1.98. The molecule has 26 heavy (non-hydrogen) atoms. The van der Waals surface area contributed by atoms with Crippen LogP contribution in [0.3, 0.4) is 0 Å². The Morgan fingerprint density at radius 3 is 2.38 bits per heavy atom. The number of amides is 2. The second-order valence-electron chi connectivity index (χ2n) is 7.36. The quantitative estimate of drug-likeness (QED) is 0.860. The molecule has 5 heteroatoms. The van der Waals surface area contributed by atoms with E-state index in [1.165, 1.54) is 6.92 Å². The first-order valence-electron chi connectivity index (χ1n) is 8.82. The van der Waals surface area contributed by atoms with Gasteiger partial charge in [-0.1, -0.05) is 45.0 Å². The van der Waals surface area contributed by atoms with Crippen molar-refractivity contribution < 1.29 is 9.59 Å². The van der Waals surface area contributed by atoms with Crippen molar-refractivity contribution in [2.45, 2.75) is 46.1 Å². The summed E-state index contributed by atoms with van der Waals surface area (Å²) in [5.41, 5.74) is 2.66. The van der Waals surface area contributed by atoms with Crippen LogP contribution < -0.4 is 5.32 Å². The highest BCUT2D eigenvalue weighted by Gasteiger charge is 2.19. The molecule has 1 aromatic carbocycles. The van der Waals surface area contributed by atoms with Crippen LogP contribution in [-0.4, -0.2) is 28.2 Å². The predicted molar refractivity (Wildman–Crippen MR) is 104 cm³/mol. The number of hydrogen-bond acceptors (Lipinski definition) is 3. The Labute approximate surface area is 155 Å². The Kier molecular flexibility index (Phi) is 6.50. The Morgan fingerprint density at radius 1 is 1.08 bits per heavy atom. The van der Waals surface area contributed by atoms with E-state index in [0.29, 0.717) is 13.1 Å². The molecule has 5 nitrogen and oxygen atoms in total. The van der Waals surface area contributed by atoms with E-state index in [4.69, 9.17) is 0 Å². The third-order valence-electron chi connectivity index (χ3n) is 4.14. The number of anilines is 1. The minimum absolute atomic E-state index is 0.0612. The molecule has 1 heterocycles. The zero-order valence-electron chi connectivity index (χ0n) is 16.0. The van der Waals surface area contributed by atoms with E-state index in [0.717, 1.165) is 16.9 Å². The van der Waals surface area contributed by atoms with Gasteiger partial charge in [-0.05, 0) is 29.2 Å². The summed E-state index contributed by atoms with van der Waals surface area (Å²) in [5.74, 6) is -0.174. The molecular weight excluding hydrogens is 326 g/mol. The number of nitrogens with one attached hydrogen (secondary N) is 1. The maximum atomic E-state index is 12.4. The van der Waals surface area contributed by atoms with Crippen molar-refractivity contribution in [1.29, 1.82) is 0 Å². The fourth-order valence-electron chi connectivity index (χ4n) is 2.73. The standard InChI is InChI=1S/C21H27N3O2/c1-16(25)24(15-17-9-7-8-13-22-17)14-12-20(26)23-19-11-6-5-10-18(19)21(2,3)4/h5-11,13H,12,14-15H2,1-4H3,(H,23,26). The van der Waals surface area contributed by atoms with Crippen LogP contribution in [-0.2, 0) is 21.5 Å². The van der Waals surface area contributed by atoms with Crippen LogP contribution in [0.25, 0.3) is 0 Å². The van der Waals surface area contributed by atoms with E-state index in [1.807, 2.05) is 42.5 Å². The van der Waals surface area contributed by atoms with Gasteiger partial charge in [-0.3, -0.25) is 14.6 Å². The highest BCUT2D eigenvalue weighted by molar-refractivity contribution is 5.92. The first-order valence-corrected chi connectivity index (χ1v) is 8.82. The van der Waals surface area contributed by atoms with E-state index in [9.17, 15) is 9.59 Å². The van der Waals surface area contributed by atoms with Crippen LogP contribution in [0.4, 0.5) is 5.69 Å². The number of hydrogen-bond donors (Lipinski definition) is 1. The van der Waals surface area contributed by atoms with Crippen LogP contribution in [0, 0.1) is 0 Å². The molecule has 0 radical (unpaired) electrons. The average Bonchev–Trinajstić information content (AvgIpc) is 2.58. The Morgan fingerprint density at radius 2 is 1.77 bits per heavy atom. The highest BCUT2D eigenvalue weighted by atomic mass is 16.2. The topological polar surface area (TPSA) is 62.3 Å². The predicted octanol–water partition coefficient (Wildman–Crippen LogP) is 3.76. The number of nitrogens with zero attached hydrogens (tertiary/aromatic N) is 2. The first-order chi connectivity index (χ1) is 12.3. The summed E-state index contributed by atoms with van der Waals surface area (Å²) < 4.78 is 0. The minimum Gasteiger partial charge on any atom is -0.337 e. The van der Waals surface area contributed by atoms with E-state index in [-0.39, 0.29) is 23.7 Å². The number of carbonyl (C=O) groups is 2. The molecule has 0 aliphatic carbocycles. The summed E-state index contributed by atoms with van der Waals surface area (Å²) in [5, 5.41) is 2.98. The van der Waals surface area contributed by atoms with Gasteiger partial charge in [-0.25, -0.2) is 0 Å². The lowest BCUT2D eigenvalue weighted by atomic mass is 9.86. The molecule has 0 atom stereocenters. The maximum Gasteiger partial charge on any atom is 0.226 e. The van der Waals surface area contributed by atoms with Gasteiger partial charge in [-0.15, -0.1) is 0 Å². The zero-order chi connectivity index (χ0) is 19.2. The highest BCUT2D eigenvalue weighted by Crippen LogP contribution is 2.29. The van der Waals surface area contributed by atoms with Gasteiger partial charge in [0.05, 0.1) is 12.2 Å². The monoisotopic (exact) mass is 353 g/mol. The first kappa shape index (κ1) is 19.6. The Bertz CT molecular complexity index is 751. The molecule has 0 unspecified atom stereocenters. The lowest BCUT2D eigenvalue weighted by Crippen LogP contribution is -2.32. The number of rotatable bonds is 6. The molecule has 2 aromatic rings. The number of aromatic nitrogens is 1. The number of benzene rings is 1. The van der Waals surface area contributed by atoms with Crippen LogP contribution in [0.1, 0.15) is 45.4 Å². The second-order valence-corrected chi connectivity index (χ2v) is 7.36. The van der Waals surface area contributed by atoms with Crippen molar-refractivity contribution in [1.82, 2.24) is 9.88 Å². The molecule has 0 saturated heterocycles. The van der Waals surface area contributed by atoms with E-state index in [2.05, 4.69) is 31.1 Å². The van der Waals surface area contributed by atoms with Crippen molar-refractivity contribution in [3.63, 3.8) is 0 Å². The van der Waals surface area contributed by atoms with Gasteiger partial charge in [0.15, 0.2) is 0 Å². The summed E-state index contributed by atoms with van der Waals surface area (Å²) in [6.07, 6.45) is 1.94. The lowest BCUT2D eigenvalue weighted by Gasteiger charge is -2.24. The van der Waals surface area contributed by atoms with Crippen molar-refractivity contribution in [2.24, 2.45) is 0 Å². The Hall–Kier alpha value is -2.69. The van der Waals surface area contributed by atoms with Crippen LogP contribution in [0.15, 0.2) is 48.7 Å². The fourth-order valence-corrected chi connectivity index (χ4v) is 2.73. The molecule has 0 aliphatic rings. The lowest BCUT2D eigenvalue weighted by molar-refractivity contribution is -0.130. The molecule has 0 spiro atoms. The maximum absolute atomic E-state index is 12.4. The summed E-state index contributed by atoms with van der Waals surface area (Å²) in [6, 6.07) is 13.4. The smallest absolute Gasteiger partial charge is 0.226 e. The molecular formula is C21H27N3O2. The van der Waals surface area contributed by atoms with Crippen LogP contribution in [0.5, 0.6) is 0 Å². The van der Waals surface area contributed by atoms with Crippen molar-refractivity contribution in [3.8, 4) is 0 Å². The average molecular weight is 353 g/mol. The SMILES string of the molecule is CC(=O)N(CCC(=O)Nc1ccccc1C(C)(C)C)Cc1ccccn1. The van der Waals surface area contributed by atoms with Crippen molar-refractivity contribution in [3.05, 3.63) is 59.9 Å². The molecule has 0 aliphatic heterocycles. The minimum atomic E-state index is -0.103. The fraction of sp³-hybridized carbons (Fsp3) is 0.381. The number of carbonyl (C=O) groups excluding carboxylic acids is 2. The van der Waals surface area contributed by atoms with Crippen LogP contribution >= 0.6 is 0 Å². The third kappa shape index (κ3) is 5.69. The van der Waals surface area contributed by atoms with Gasteiger partial charge in [0, 0.05) is 31.8 Å². The molecule has 0 fully saturated rings. The molecule has 1 N–H and O–H groups in total. The van der Waals surface area contributed by atoms with Gasteiger partial charge in [0.1, 0.15) is 0 Å². The van der Waals surface area contributed by atoms with E-state index < -0.39 is 0 Å². The second kappa shape index (κ2) is 8.61. The van der Waals surface area contributed by atoms with Crippen molar-refractivity contribution in [2.75, 3.05) is 11.9 Å². The molecule has 138 valence electrons. The molecule has 0 bridgehead atoms. The van der Waals surface area contributed by atoms with Gasteiger partial charge in [0.2, 0.25) is 11.8 Å². The van der Waals surface area contributed by atoms with Gasteiger partial charge in [0.25, 0.3) is 0 Å². The van der Waals surface area contributed by atoms with Crippen molar-refractivity contribution >= 4 is 17.5 Å². The van der Waals surface area contributed by atoms with Gasteiger partial charge in [-0.2, -0.15) is 0 Å². The number of para-hydroxylation sites is 1. The van der Waals surface area contributed by atoms with Gasteiger partial charge < -0.3 is 10.2 Å². The summed E-state index contributed by atoms with van der Waals surface area (Å²) >= 11 is 0. The normalized spacial score (nSPS) is 11.1. The third-order valence-corrected chi connectivity index (χ3v) is 4.14. The summed E-state index contributed by atoms with van der Waals surface area (Å²) in [7, 11) is 0. The molecule has 1 aromatic heterocycles. The largest absolute Gasteiger partial charge is 0.337 e. The summed E-state index contributed by atoms with van der Waals surface area (Å²) in [4.78, 5) is 30.2. The van der Waals surface area contributed by atoms with E-state index in [1.54, 1.807) is 11.1 Å². The van der Waals surface area contributed by atoms with E-state index >= 15 is 0 Å². The van der Waals surface area contributed by atoms with Gasteiger partial charge >= 0.3 is 0 Å². The molecule has 2 rings (SSSR count). The molecule has 0 saturated carbocycles. The summed E-state index contributed by atoms with van der Waals surface area (Å²) in [6.45, 7) is 8.61.